The highest BCUT2D eigenvalue weighted by Gasteiger charge is 2.11. The lowest BCUT2D eigenvalue weighted by atomic mass is 10.3. The van der Waals surface area contributed by atoms with Crippen LogP contribution in [0.15, 0.2) is 53.4 Å². The van der Waals surface area contributed by atoms with Gasteiger partial charge in [-0.1, -0.05) is 23.7 Å². The molecule has 2 amide bonds. The first-order valence-electron chi connectivity index (χ1n) is 6.21. The number of anilines is 1. The number of thioether (sulfide) groups is 1. The van der Waals surface area contributed by atoms with Crippen molar-refractivity contribution in [1.29, 1.82) is 0 Å². The Morgan fingerprint density at radius 2 is 1.90 bits per heavy atom. The van der Waals surface area contributed by atoms with E-state index in [1.165, 1.54) is 28.8 Å². The van der Waals surface area contributed by atoms with Gasteiger partial charge in [0.05, 0.1) is 11.6 Å². The zero-order valence-corrected chi connectivity index (χ0v) is 12.9. The van der Waals surface area contributed by atoms with Crippen molar-refractivity contribution < 1.29 is 9.18 Å². The molecule has 3 nitrogen and oxygen atoms in total. The van der Waals surface area contributed by atoms with E-state index in [2.05, 4.69) is 5.32 Å². The van der Waals surface area contributed by atoms with Crippen molar-refractivity contribution in [3.05, 3.63) is 59.4 Å². The fourth-order valence-electron chi connectivity index (χ4n) is 1.53. The van der Waals surface area contributed by atoms with Gasteiger partial charge in [-0.25, -0.2) is 9.18 Å². The first-order chi connectivity index (χ1) is 10.1. The molecule has 0 aliphatic heterocycles. The number of carbonyl (C=O) groups excluding carboxylic acids is 1. The Morgan fingerprint density at radius 3 is 2.57 bits per heavy atom. The van der Waals surface area contributed by atoms with Gasteiger partial charge in [0.25, 0.3) is 0 Å². The number of rotatable bonds is 4. The van der Waals surface area contributed by atoms with E-state index in [1.807, 2.05) is 12.1 Å². The molecule has 0 saturated heterocycles. The van der Waals surface area contributed by atoms with E-state index in [9.17, 15) is 9.18 Å². The van der Waals surface area contributed by atoms with Crippen molar-refractivity contribution in [2.45, 2.75) is 4.90 Å². The fraction of sp³-hybridized carbons (Fsp3) is 0.133. The van der Waals surface area contributed by atoms with Crippen molar-refractivity contribution in [3.8, 4) is 0 Å². The van der Waals surface area contributed by atoms with E-state index >= 15 is 0 Å². The minimum atomic E-state index is -0.454. The molecule has 21 heavy (non-hydrogen) atoms. The quantitative estimate of drug-likeness (QED) is 0.653. The van der Waals surface area contributed by atoms with Gasteiger partial charge in [0, 0.05) is 17.0 Å². The number of para-hydroxylation sites is 1. The summed E-state index contributed by atoms with van der Waals surface area (Å²) in [6.07, 6.45) is 0. The Hall–Kier alpha value is -1.72. The van der Waals surface area contributed by atoms with Gasteiger partial charge in [-0.05, 0) is 36.4 Å². The van der Waals surface area contributed by atoms with Gasteiger partial charge in [-0.3, -0.25) is 0 Å². The van der Waals surface area contributed by atoms with E-state index in [1.54, 1.807) is 31.3 Å². The number of benzene rings is 2. The third-order valence-electron chi connectivity index (χ3n) is 2.70. The summed E-state index contributed by atoms with van der Waals surface area (Å²) in [5.41, 5.74) is 0.172. The average molecular weight is 325 g/mol. The number of nitrogens with zero attached hydrogens (tertiary/aromatic N) is 1. The lowest BCUT2D eigenvalue weighted by Gasteiger charge is -2.17. The van der Waals surface area contributed by atoms with Crippen LogP contribution in [0.1, 0.15) is 0 Å². The van der Waals surface area contributed by atoms with Crippen molar-refractivity contribution in [2.24, 2.45) is 0 Å². The number of halogens is 2. The summed E-state index contributed by atoms with van der Waals surface area (Å²) in [6, 6.07) is 13.1. The van der Waals surface area contributed by atoms with E-state index in [-0.39, 0.29) is 11.7 Å². The summed E-state index contributed by atoms with van der Waals surface area (Å²) in [7, 11) is 1.65. The van der Waals surface area contributed by atoms with Crippen molar-refractivity contribution >= 4 is 35.1 Å². The Labute approximate surface area is 132 Å². The third kappa shape index (κ3) is 4.65. The summed E-state index contributed by atoms with van der Waals surface area (Å²) in [5, 5.41) is 3.20. The summed E-state index contributed by atoms with van der Waals surface area (Å²) in [6.45, 7) is 0. The van der Waals surface area contributed by atoms with Crippen LogP contribution in [0.5, 0.6) is 0 Å². The second-order valence-corrected chi connectivity index (χ2v) is 5.79. The molecule has 2 rings (SSSR count). The smallest absolute Gasteiger partial charge is 0.318 e. The van der Waals surface area contributed by atoms with Crippen molar-refractivity contribution in [3.63, 3.8) is 0 Å². The number of nitrogens with one attached hydrogen (secondary N) is 1. The van der Waals surface area contributed by atoms with Crippen LogP contribution in [0, 0.1) is 5.82 Å². The molecule has 0 bridgehead atoms. The van der Waals surface area contributed by atoms with E-state index in [0.717, 1.165) is 4.90 Å². The molecule has 0 saturated carbocycles. The standard InChI is InChI=1S/C15H14ClFN2OS/c1-19(10-21-12-8-6-11(16)7-9-12)15(20)18-14-5-3-2-4-13(14)17/h2-9H,10H2,1H3,(H,18,20). The zero-order chi connectivity index (χ0) is 15.2. The fourth-order valence-corrected chi connectivity index (χ4v) is 2.45. The molecular formula is C15H14ClFN2OS. The lowest BCUT2D eigenvalue weighted by molar-refractivity contribution is 0.229. The predicted octanol–water partition coefficient (Wildman–Crippen LogP) is 4.69. The molecule has 2 aromatic rings. The number of amides is 2. The highest BCUT2D eigenvalue weighted by atomic mass is 35.5. The molecule has 0 fully saturated rings. The Balaban J connectivity index is 1.88. The minimum absolute atomic E-state index is 0.172. The maximum Gasteiger partial charge on any atom is 0.322 e. The summed E-state index contributed by atoms with van der Waals surface area (Å²) in [4.78, 5) is 14.4. The Kier molecular flexibility index (Phi) is 5.47. The number of urea groups is 1. The first kappa shape index (κ1) is 15.7. The van der Waals surface area contributed by atoms with Crippen LogP contribution in [0.2, 0.25) is 5.02 Å². The molecule has 0 aliphatic rings. The minimum Gasteiger partial charge on any atom is -0.318 e. The van der Waals surface area contributed by atoms with Crippen LogP contribution in [-0.2, 0) is 0 Å². The average Bonchev–Trinajstić information content (AvgIpc) is 2.48. The van der Waals surface area contributed by atoms with Gasteiger partial charge in [-0.15, -0.1) is 11.8 Å². The Bertz CT molecular complexity index is 621. The van der Waals surface area contributed by atoms with Crippen molar-refractivity contribution in [1.82, 2.24) is 4.90 Å². The number of carbonyl (C=O) groups is 1. The summed E-state index contributed by atoms with van der Waals surface area (Å²) in [5.74, 6) is -0.00772. The van der Waals surface area contributed by atoms with Crippen LogP contribution in [-0.4, -0.2) is 23.9 Å². The van der Waals surface area contributed by atoms with Crippen LogP contribution in [0.4, 0.5) is 14.9 Å². The van der Waals surface area contributed by atoms with Crippen LogP contribution < -0.4 is 5.32 Å². The van der Waals surface area contributed by atoms with Gasteiger partial charge < -0.3 is 10.2 Å². The summed E-state index contributed by atoms with van der Waals surface area (Å²) >= 11 is 7.30. The van der Waals surface area contributed by atoms with Crippen LogP contribution in [0.3, 0.4) is 0 Å². The molecule has 110 valence electrons. The molecule has 6 heteroatoms. The van der Waals surface area contributed by atoms with E-state index in [4.69, 9.17) is 11.6 Å². The topological polar surface area (TPSA) is 32.3 Å². The molecule has 0 heterocycles. The molecule has 0 spiro atoms. The van der Waals surface area contributed by atoms with Gasteiger partial charge in [-0.2, -0.15) is 0 Å². The SMILES string of the molecule is CN(CSc1ccc(Cl)cc1)C(=O)Nc1ccccc1F. The first-order valence-corrected chi connectivity index (χ1v) is 7.57. The molecule has 2 aromatic carbocycles. The predicted molar refractivity (Wildman–Crippen MR) is 85.4 cm³/mol. The van der Waals surface area contributed by atoms with Crippen LogP contribution in [0.25, 0.3) is 0 Å². The second-order valence-electron chi connectivity index (χ2n) is 4.34. The molecule has 1 N–H and O–H groups in total. The number of hydrogen-bond donors (Lipinski definition) is 1. The number of hydrogen-bond acceptors (Lipinski definition) is 2. The van der Waals surface area contributed by atoms with Gasteiger partial charge >= 0.3 is 6.03 Å². The highest BCUT2D eigenvalue weighted by Crippen LogP contribution is 2.21. The molecular weight excluding hydrogens is 311 g/mol. The largest absolute Gasteiger partial charge is 0.322 e. The Morgan fingerprint density at radius 1 is 1.24 bits per heavy atom. The van der Waals surface area contributed by atoms with Crippen LogP contribution >= 0.6 is 23.4 Å². The second kappa shape index (κ2) is 7.33. The zero-order valence-electron chi connectivity index (χ0n) is 11.3. The van der Waals surface area contributed by atoms with Gasteiger partial charge in [0.1, 0.15) is 5.82 Å². The van der Waals surface area contributed by atoms with Gasteiger partial charge in [0.15, 0.2) is 0 Å². The van der Waals surface area contributed by atoms with E-state index < -0.39 is 5.82 Å². The molecule has 0 aliphatic carbocycles. The molecule has 0 radical (unpaired) electrons. The monoisotopic (exact) mass is 324 g/mol. The van der Waals surface area contributed by atoms with Crippen molar-refractivity contribution in [2.75, 3.05) is 18.2 Å². The highest BCUT2D eigenvalue weighted by molar-refractivity contribution is 7.99. The maximum atomic E-state index is 13.5. The molecule has 0 atom stereocenters. The maximum absolute atomic E-state index is 13.5. The third-order valence-corrected chi connectivity index (χ3v) is 4.07. The van der Waals surface area contributed by atoms with Gasteiger partial charge in [0.2, 0.25) is 0 Å². The molecule has 0 aromatic heterocycles. The normalized spacial score (nSPS) is 10.2. The lowest BCUT2D eigenvalue weighted by Crippen LogP contribution is -2.31. The molecule has 0 unspecified atom stereocenters. The van der Waals surface area contributed by atoms with E-state index in [0.29, 0.717) is 10.9 Å². The summed E-state index contributed by atoms with van der Waals surface area (Å²) < 4.78 is 13.5.